The molecule has 0 aliphatic rings. The molecular weight excluding hydrogens is 202 g/mol. The van der Waals surface area contributed by atoms with Crippen molar-refractivity contribution in [1.29, 1.82) is 0 Å². The van der Waals surface area contributed by atoms with Gasteiger partial charge < -0.3 is 9.30 Å². The third-order valence-electron chi connectivity index (χ3n) is 2.49. The summed E-state index contributed by atoms with van der Waals surface area (Å²) < 4.78 is 1.94. The highest BCUT2D eigenvalue weighted by atomic mass is 16.1. The van der Waals surface area contributed by atoms with Crippen molar-refractivity contribution in [2.45, 2.75) is 6.42 Å². The largest absolute Gasteiger partial charge is 0.309 e. The van der Waals surface area contributed by atoms with Gasteiger partial charge in [0.2, 0.25) is 0 Å². The van der Waals surface area contributed by atoms with Crippen molar-refractivity contribution in [1.82, 2.24) is 14.3 Å². The van der Waals surface area contributed by atoms with E-state index in [-0.39, 0.29) is 0 Å². The minimum absolute atomic E-state index is 0.664. The molecule has 2 aromatic rings. The van der Waals surface area contributed by atoms with Crippen LogP contribution in [-0.4, -0.2) is 41.2 Å². The van der Waals surface area contributed by atoms with Crippen LogP contribution in [0.25, 0.3) is 5.65 Å². The summed E-state index contributed by atoms with van der Waals surface area (Å²) in [6, 6.07) is 3.59. The highest BCUT2D eigenvalue weighted by Gasteiger charge is 2.02. The lowest BCUT2D eigenvalue weighted by atomic mass is 10.3. The van der Waals surface area contributed by atoms with Gasteiger partial charge in [0.25, 0.3) is 0 Å². The number of rotatable bonds is 4. The van der Waals surface area contributed by atoms with Crippen LogP contribution in [-0.2, 0) is 6.42 Å². The van der Waals surface area contributed by atoms with Crippen LogP contribution in [0.1, 0.15) is 16.1 Å². The summed E-state index contributed by atoms with van der Waals surface area (Å²) in [4.78, 5) is 17.2. The highest BCUT2D eigenvalue weighted by molar-refractivity contribution is 5.76. The quantitative estimate of drug-likeness (QED) is 0.723. The molecule has 0 aromatic carbocycles. The highest BCUT2D eigenvalue weighted by Crippen LogP contribution is 2.07. The molecule has 0 atom stereocenters. The Morgan fingerprint density at radius 3 is 3.00 bits per heavy atom. The van der Waals surface area contributed by atoms with Crippen LogP contribution in [0.3, 0.4) is 0 Å². The van der Waals surface area contributed by atoms with Crippen LogP contribution < -0.4 is 0 Å². The Balaban J connectivity index is 2.25. The predicted octanol–water partition coefficient (Wildman–Crippen LogP) is 1.25. The molecule has 0 aliphatic carbocycles. The Labute approximate surface area is 94.5 Å². The number of hydrogen-bond donors (Lipinski definition) is 0. The average Bonchev–Trinajstić information content (AvgIpc) is 2.67. The molecule has 2 aromatic heterocycles. The number of likely N-dealkylation sites (N-methyl/N-ethyl adjacent to an activating group) is 1. The van der Waals surface area contributed by atoms with E-state index in [9.17, 15) is 4.79 Å². The Hall–Kier alpha value is -1.68. The molecule has 2 heterocycles. The van der Waals surface area contributed by atoms with Crippen LogP contribution in [0.5, 0.6) is 0 Å². The summed E-state index contributed by atoms with van der Waals surface area (Å²) in [5.41, 5.74) is 2.55. The molecular formula is C12H15N3O. The maximum Gasteiger partial charge on any atom is 0.150 e. The molecule has 4 nitrogen and oxygen atoms in total. The topological polar surface area (TPSA) is 37.6 Å². The third-order valence-corrected chi connectivity index (χ3v) is 2.49. The van der Waals surface area contributed by atoms with Crippen LogP contribution in [0.15, 0.2) is 24.5 Å². The fraction of sp³-hybridized carbons (Fsp3) is 0.333. The lowest BCUT2D eigenvalue weighted by Crippen LogP contribution is -2.15. The SMILES string of the molecule is CN(C)CCc1cn2ccc(C=O)cc2n1. The fourth-order valence-corrected chi connectivity index (χ4v) is 1.58. The molecule has 16 heavy (non-hydrogen) atoms. The summed E-state index contributed by atoms with van der Waals surface area (Å²) >= 11 is 0. The number of imidazole rings is 1. The van der Waals surface area contributed by atoms with Gasteiger partial charge in [-0.2, -0.15) is 0 Å². The summed E-state index contributed by atoms with van der Waals surface area (Å²) in [6.45, 7) is 0.977. The van der Waals surface area contributed by atoms with Crippen molar-refractivity contribution < 1.29 is 4.79 Å². The monoisotopic (exact) mass is 217 g/mol. The third kappa shape index (κ3) is 2.28. The number of pyridine rings is 1. The van der Waals surface area contributed by atoms with Crippen molar-refractivity contribution in [3.05, 3.63) is 35.8 Å². The lowest BCUT2D eigenvalue weighted by Gasteiger charge is -2.06. The Kier molecular flexibility index (Phi) is 3.01. The van der Waals surface area contributed by atoms with Gasteiger partial charge in [-0.3, -0.25) is 4.79 Å². The van der Waals surface area contributed by atoms with Gasteiger partial charge in [0.15, 0.2) is 0 Å². The number of carbonyl (C=O) groups excluding carboxylic acids is 1. The molecule has 0 saturated heterocycles. The van der Waals surface area contributed by atoms with Gasteiger partial charge in [-0.05, 0) is 26.2 Å². The van der Waals surface area contributed by atoms with Gasteiger partial charge in [0.05, 0.1) is 5.69 Å². The number of aldehydes is 1. The van der Waals surface area contributed by atoms with Crippen LogP contribution in [0.2, 0.25) is 0 Å². The standard InChI is InChI=1S/C12H15N3O/c1-14(2)5-4-11-8-15-6-3-10(9-16)7-12(15)13-11/h3,6-9H,4-5H2,1-2H3. The van der Waals surface area contributed by atoms with Gasteiger partial charge in [0.1, 0.15) is 11.9 Å². The molecule has 4 heteroatoms. The molecule has 2 rings (SSSR count). The van der Waals surface area contributed by atoms with Gasteiger partial charge >= 0.3 is 0 Å². The van der Waals surface area contributed by atoms with E-state index in [2.05, 4.69) is 9.88 Å². The van der Waals surface area contributed by atoms with E-state index in [4.69, 9.17) is 0 Å². The molecule has 0 aliphatic heterocycles. The van der Waals surface area contributed by atoms with E-state index >= 15 is 0 Å². The molecule has 0 fully saturated rings. The maximum atomic E-state index is 10.6. The smallest absolute Gasteiger partial charge is 0.150 e. The van der Waals surface area contributed by atoms with Gasteiger partial charge in [-0.1, -0.05) is 0 Å². The number of carbonyl (C=O) groups is 1. The van der Waals surface area contributed by atoms with E-state index in [0.29, 0.717) is 5.56 Å². The minimum Gasteiger partial charge on any atom is -0.309 e. The van der Waals surface area contributed by atoms with Crippen molar-refractivity contribution >= 4 is 11.9 Å². The van der Waals surface area contributed by atoms with Crippen molar-refractivity contribution in [3.8, 4) is 0 Å². The number of nitrogens with zero attached hydrogens (tertiary/aromatic N) is 3. The minimum atomic E-state index is 0.664. The van der Waals surface area contributed by atoms with E-state index in [1.165, 1.54) is 0 Å². The van der Waals surface area contributed by atoms with Gasteiger partial charge in [-0.25, -0.2) is 4.98 Å². The number of fused-ring (bicyclic) bond motifs is 1. The van der Waals surface area contributed by atoms with Gasteiger partial charge in [0, 0.05) is 30.9 Å². The maximum absolute atomic E-state index is 10.6. The molecule has 84 valence electrons. The molecule has 0 saturated carbocycles. The molecule has 0 spiro atoms. The molecule has 0 bridgehead atoms. The zero-order chi connectivity index (χ0) is 11.5. The first-order valence-electron chi connectivity index (χ1n) is 5.26. The molecule has 0 unspecified atom stereocenters. The normalized spacial score (nSPS) is 11.2. The Morgan fingerprint density at radius 2 is 2.31 bits per heavy atom. The fourth-order valence-electron chi connectivity index (χ4n) is 1.58. The summed E-state index contributed by atoms with van der Waals surface area (Å²) in [5, 5.41) is 0. The van der Waals surface area contributed by atoms with E-state index in [1.807, 2.05) is 30.9 Å². The summed E-state index contributed by atoms with van der Waals surface area (Å²) in [5.74, 6) is 0. The zero-order valence-corrected chi connectivity index (χ0v) is 9.55. The van der Waals surface area contributed by atoms with E-state index < -0.39 is 0 Å². The second-order valence-corrected chi connectivity index (χ2v) is 4.13. The molecule has 0 radical (unpaired) electrons. The van der Waals surface area contributed by atoms with Crippen molar-refractivity contribution in [3.63, 3.8) is 0 Å². The van der Waals surface area contributed by atoms with E-state index in [1.54, 1.807) is 12.1 Å². The van der Waals surface area contributed by atoms with Crippen molar-refractivity contribution in [2.75, 3.05) is 20.6 Å². The lowest BCUT2D eigenvalue weighted by molar-refractivity contribution is 0.112. The van der Waals surface area contributed by atoms with Crippen molar-refractivity contribution in [2.24, 2.45) is 0 Å². The van der Waals surface area contributed by atoms with Crippen LogP contribution in [0.4, 0.5) is 0 Å². The second kappa shape index (κ2) is 4.45. The molecule has 0 amide bonds. The number of aromatic nitrogens is 2. The van der Waals surface area contributed by atoms with Crippen LogP contribution in [0, 0.1) is 0 Å². The number of hydrogen-bond acceptors (Lipinski definition) is 3. The van der Waals surface area contributed by atoms with Gasteiger partial charge in [-0.15, -0.1) is 0 Å². The zero-order valence-electron chi connectivity index (χ0n) is 9.55. The first kappa shape index (κ1) is 10.8. The average molecular weight is 217 g/mol. The first-order chi connectivity index (χ1) is 7.69. The molecule has 0 N–H and O–H groups in total. The summed E-state index contributed by atoms with van der Waals surface area (Å²) in [7, 11) is 4.08. The summed E-state index contributed by atoms with van der Waals surface area (Å²) in [6.07, 6.45) is 5.64. The predicted molar refractivity (Wildman–Crippen MR) is 62.8 cm³/mol. The van der Waals surface area contributed by atoms with E-state index in [0.717, 1.165) is 30.6 Å². The first-order valence-corrected chi connectivity index (χ1v) is 5.26. The Morgan fingerprint density at radius 1 is 1.50 bits per heavy atom. The second-order valence-electron chi connectivity index (χ2n) is 4.13. The van der Waals surface area contributed by atoms with Crippen LogP contribution >= 0.6 is 0 Å². The Bertz CT molecular complexity index is 502.